The molecule has 3 rings (SSSR count). The SMILES string of the molecule is N#Cc1ccc(NC(=O)N[C@@H]2CCN(c3cn[nH]c(=O)c3Cl)C2)cc1. The Morgan fingerprint density at radius 3 is 2.88 bits per heavy atom. The van der Waals surface area contributed by atoms with E-state index in [9.17, 15) is 9.59 Å². The molecule has 0 bridgehead atoms. The van der Waals surface area contributed by atoms with Gasteiger partial charge in [0, 0.05) is 24.8 Å². The molecule has 1 aromatic heterocycles. The van der Waals surface area contributed by atoms with E-state index in [0.717, 1.165) is 6.42 Å². The van der Waals surface area contributed by atoms with E-state index < -0.39 is 5.56 Å². The maximum absolute atomic E-state index is 12.1. The lowest BCUT2D eigenvalue weighted by Gasteiger charge is -2.19. The Kier molecular flexibility index (Phi) is 4.86. The molecule has 0 aliphatic carbocycles. The fourth-order valence-corrected chi connectivity index (χ4v) is 2.88. The van der Waals surface area contributed by atoms with E-state index in [-0.39, 0.29) is 17.1 Å². The highest BCUT2D eigenvalue weighted by Gasteiger charge is 2.26. The van der Waals surface area contributed by atoms with Crippen LogP contribution in [0, 0.1) is 11.3 Å². The molecule has 1 atom stereocenters. The predicted octanol–water partition coefficient (Wildman–Crippen LogP) is 1.70. The molecule has 0 saturated carbocycles. The number of aromatic amines is 1. The van der Waals surface area contributed by atoms with E-state index >= 15 is 0 Å². The molecule has 1 aliphatic heterocycles. The maximum atomic E-state index is 12.1. The molecule has 0 radical (unpaired) electrons. The average Bonchev–Trinajstić information content (AvgIpc) is 3.06. The molecule has 0 spiro atoms. The van der Waals surface area contributed by atoms with Crippen molar-refractivity contribution in [3.8, 4) is 6.07 Å². The first kappa shape index (κ1) is 16.8. The smallest absolute Gasteiger partial charge is 0.319 e. The number of hydrogen-bond donors (Lipinski definition) is 3. The topological polar surface area (TPSA) is 114 Å². The summed E-state index contributed by atoms with van der Waals surface area (Å²) in [6.45, 7) is 1.19. The van der Waals surface area contributed by atoms with Crippen molar-refractivity contribution in [2.24, 2.45) is 0 Å². The van der Waals surface area contributed by atoms with E-state index in [1.165, 1.54) is 6.20 Å². The maximum Gasteiger partial charge on any atom is 0.319 e. The lowest BCUT2D eigenvalue weighted by molar-refractivity contribution is 0.249. The fraction of sp³-hybridized carbons (Fsp3) is 0.250. The quantitative estimate of drug-likeness (QED) is 0.772. The van der Waals surface area contributed by atoms with Gasteiger partial charge >= 0.3 is 6.03 Å². The minimum absolute atomic E-state index is 0.0752. The summed E-state index contributed by atoms with van der Waals surface area (Å²) in [4.78, 5) is 25.5. The minimum Gasteiger partial charge on any atom is -0.367 e. The average molecular weight is 359 g/mol. The Labute approximate surface area is 148 Å². The van der Waals surface area contributed by atoms with Crippen LogP contribution < -0.4 is 21.1 Å². The molecular formula is C16H15ClN6O2. The third kappa shape index (κ3) is 3.89. The number of anilines is 2. The second-order valence-corrected chi connectivity index (χ2v) is 6.00. The lowest BCUT2D eigenvalue weighted by Crippen LogP contribution is -2.39. The molecule has 8 nitrogen and oxygen atoms in total. The van der Waals surface area contributed by atoms with Gasteiger partial charge in [-0.25, -0.2) is 9.89 Å². The lowest BCUT2D eigenvalue weighted by atomic mass is 10.2. The van der Waals surface area contributed by atoms with Crippen molar-refractivity contribution < 1.29 is 4.79 Å². The van der Waals surface area contributed by atoms with Crippen molar-refractivity contribution in [2.45, 2.75) is 12.5 Å². The van der Waals surface area contributed by atoms with Crippen LogP contribution in [0.1, 0.15) is 12.0 Å². The monoisotopic (exact) mass is 358 g/mol. The molecule has 2 aromatic rings. The number of carbonyl (C=O) groups is 1. The highest BCUT2D eigenvalue weighted by Crippen LogP contribution is 2.24. The highest BCUT2D eigenvalue weighted by atomic mass is 35.5. The standard InChI is InChI=1S/C16H15ClN6O2/c17-14-13(8-19-22-15(14)24)23-6-5-12(9-23)21-16(25)20-11-3-1-10(7-18)2-4-11/h1-4,8,12H,5-6,9H2,(H,22,24)(H2,20,21,25)/t12-/m1/s1. The van der Waals surface area contributed by atoms with Gasteiger partial charge in [0.2, 0.25) is 0 Å². The van der Waals surface area contributed by atoms with Crippen LogP contribution >= 0.6 is 11.6 Å². The second-order valence-electron chi connectivity index (χ2n) is 5.62. The molecule has 25 heavy (non-hydrogen) atoms. The minimum atomic E-state index is -0.436. The summed E-state index contributed by atoms with van der Waals surface area (Å²) in [6.07, 6.45) is 2.23. The number of carbonyl (C=O) groups excluding carboxylic acids is 1. The molecule has 2 heterocycles. The number of hydrogen-bond acceptors (Lipinski definition) is 5. The first-order valence-electron chi connectivity index (χ1n) is 7.62. The van der Waals surface area contributed by atoms with E-state index in [4.69, 9.17) is 16.9 Å². The predicted molar refractivity (Wildman–Crippen MR) is 93.8 cm³/mol. The molecule has 3 N–H and O–H groups in total. The number of nitriles is 1. The van der Waals surface area contributed by atoms with Crippen molar-refractivity contribution in [3.63, 3.8) is 0 Å². The second kappa shape index (κ2) is 7.23. The Hall–Kier alpha value is -3.05. The molecule has 9 heteroatoms. The summed E-state index contributed by atoms with van der Waals surface area (Å²) in [5.74, 6) is 0. The van der Waals surface area contributed by atoms with Crippen molar-refractivity contribution in [1.82, 2.24) is 15.5 Å². The molecule has 2 amide bonds. The zero-order chi connectivity index (χ0) is 17.8. The largest absolute Gasteiger partial charge is 0.367 e. The Balaban J connectivity index is 1.57. The molecule has 1 aromatic carbocycles. The van der Waals surface area contributed by atoms with Gasteiger partial charge in [0.25, 0.3) is 5.56 Å². The van der Waals surface area contributed by atoms with Gasteiger partial charge in [0.1, 0.15) is 5.02 Å². The highest BCUT2D eigenvalue weighted by molar-refractivity contribution is 6.33. The number of halogens is 1. The summed E-state index contributed by atoms with van der Waals surface area (Å²) in [5.41, 5.74) is 1.25. The third-order valence-corrected chi connectivity index (χ3v) is 4.28. The normalized spacial score (nSPS) is 16.3. The van der Waals surface area contributed by atoms with E-state index in [0.29, 0.717) is 30.0 Å². The molecule has 1 saturated heterocycles. The number of nitrogens with zero attached hydrogens (tertiary/aromatic N) is 3. The van der Waals surface area contributed by atoms with Crippen LogP contribution in [0.15, 0.2) is 35.3 Å². The van der Waals surface area contributed by atoms with Gasteiger partial charge in [0.15, 0.2) is 0 Å². The number of rotatable bonds is 3. The molecule has 1 fully saturated rings. The number of urea groups is 1. The van der Waals surface area contributed by atoms with E-state index in [1.807, 2.05) is 11.0 Å². The van der Waals surface area contributed by atoms with Crippen molar-refractivity contribution in [2.75, 3.05) is 23.3 Å². The Morgan fingerprint density at radius 2 is 2.16 bits per heavy atom. The van der Waals surface area contributed by atoms with Crippen LogP contribution in [0.3, 0.4) is 0 Å². The van der Waals surface area contributed by atoms with Gasteiger partial charge in [-0.2, -0.15) is 10.4 Å². The number of amides is 2. The van der Waals surface area contributed by atoms with Gasteiger partial charge in [-0.1, -0.05) is 11.6 Å². The first-order chi connectivity index (χ1) is 12.1. The molecule has 1 aliphatic rings. The van der Waals surface area contributed by atoms with Crippen LogP contribution in [0.4, 0.5) is 16.2 Å². The summed E-state index contributed by atoms with van der Waals surface area (Å²) >= 11 is 6.01. The fourth-order valence-electron chi connectivity index (χ4n) is 2.67. The van der Waals surface area contributed by atoms with Crippen LogP contribution in [0.2, 0.25) is 5.02 Å². The van der Waals surface area contributed by atoms with E-state index in [2.05, 4.69) is 20.8 Å². The summed E-state index contributed by atoms with van der Waals surface area (Å²) in [7, 11) is 0. The number of benzene rings is 1. The molecule has 0 unspecified atom stereocenters. The third-order valence-electron chi connectivity index (χ3n) is 3.91. The zero-order valence-corrected chi connectivity index (χ0v) is 13.9. The summed E-state index contributed by atoms with van der Waals surface area (Å²) in [5, 5.41) is 20.5. The van der Waals surface area contributed by atoms with Gasteiger partial charge in [-0.05, 0) is 30.7 Å². The number of nitrogens with one attached hydrogen (secondary N) is 3. The van der Waals surface area contributed by atoms with Gasteiger partial charge in [-0.3, -0.25) is 4.79 Å². The summed E-state index contributed by atoms with van der Waals surface area (Å²) in [6, 6.07) is 8.22. The van der Waals surface area contributed by atoms with Crippen LogP contribution in [-0.4, -0.2) is 35.4 Å². The van der Waals surface area contributed by atoms with Crippen molar-refractivity contribution in [3.05, 3.63) is 51.4 Å². The van der Waals surface area contributed by atoms with Crippen LogP contribution in [0.5, 0.6) is 0 Å². The van der Waals surface area contributed by atoms with Gasteiger partial charge < -0.3 is 15.5 Å². The molecule has 128 valence electrons. The van der Waals surface area contributed by atoms with Crippen LogP contribution in [-0.2, 0) is 0 Å². The Bertz CT molecular complexity index is 873. The number of H-pyrrole nitrogens is 1. The van der Waals surface area contributed by atoms with Crippen LogP contribution in [0.25, 0.3) is 0 Å². The zero-order valence-electron chi connectivity index (χ0n) is 13.1. The van der Waals surface area contributed by atoms with Gasteiger partial charge in [-0.15, -0.1) is 0 Å². The number of aromatic nitrogens is 2. The van der Waals surface area contributed by atoms with E-state index in [1.54, 1.807) is 24.3 Å². The summed E-state index contributed by atoms with van der Waals surface area (Å²) < 4.78 is 0. The Morgan fingerprint density at radius 1 is 1.40 bits per heavy atom. The van der Waals surface area contributed by atoms with Gasteiger partial charge in [0.05, 0.1) is 23.5 Å². The molecular weight excluding hydrogens is 344 g/mol. The van der Waals surface area contributed by atoms with Crippen molar-refractivity contribution >= 4 is 29.0 Å². The van der Waals surface area contributed by atoms with Crippen molar-refractivity contribution in [1.29, 1.82) is 5.26 Å². The first-order valence-corrected chi connectivity index (χ1v) is 8.00.